The number of carbonyl (C=O) groups is 1. The fraction of sp³-hybridized carbons (Fsp3) is 0.556. The third kappa shape index (κ3) is 2.27. The summed E-state index contributed by atoms with van der Waals surface area (Å²) in [5, 5.41) is 0.569. The van der Waals surface area contributed by atoms with E-state index < -0.39 is 0 Å². The zero-order valence-electron chi connectivity index (χ0n) is 8.35. The number of hydrogen-bond donors (Lipinski definition) is 2. The highest BCUT2D eigenvalue weighted by atomic mass is 32.1. The lowest BCUT2D eigenvalue weighted by Crippen LogP contribution is -2.39. The standard InChI is InChI=1S/C9H14N4OS/c10-8(14)7-2-1-3-13(7)5-6-4-12-9(11)15-6/h4,7H,1-3,5H2,(H2,10,14)(H2,11,12). The first kappa shape index (κ1) is 10.4. The van der Waals surface area contributed by atoms with Gasteiger partial charge in [0, 0.05) is 17.6 Å². The Balaban J connectivity index is 2.02. The van der Waals surface area contributed by atoms with E-state index in [0.717, 1.165) is 30.8 Å². The van der Waals surface area contributed by atoms with Gasteiger partial charge in [0.2, 0.25) is 5.91 Å². The van der Waals surface area contributed by atoms with Gasteiger partial charge in [0.25, 0.3) is 0 Å². The smallest absolute Gasteiger partial charge is 0.234 e. The van der Waals surface area contributed by atoms with Crippen LogP contribution in [0.4, 0.5) is 5.13 Å². The number of carbonyl (C=O) groups excluding carboxylic acids is 1. The normalized spacial score (nSPS) is 22.0. The maximum absolute atomic E-state index is 11.2. The highest BCUT2D eigenvalue weighted by Crippen LogP contribution is 2.23. The quantitative estimate of drug-likeness (QED) is 0.769. The molecule has 1 amide bonds. The number of anilines is 1. The summed E-state index contributed by atoms with van der Waals surface area (Å²) in [5.74, 6) is -0.231. The highest BCUT2D eigenvalue weighted by Gasteiger charge is 2.29. The maximum atomic E-state index is 11.2. The summed E-state index contributed by atoms with van der Waals surface area (Å²) < 4.78 is 0. The Morgan fingerprint density at radius 2 is 2.53 bits per heavy atom. The Morgan fingerprint density at radius 3 is 3.13 bits per heavy atom. The topological polar surface area (TPSA) is 85.2 Å². The van der Waals surface area contributed by atoms with Gasteiger partial charge < -0.3 is 11.5 Å². The van der Waals surface area contributed by atoms with E-state index >= 15 is 0 Å². The SMILES string of the molecule is NC(=O)C1CCCN1Cc1cnc(N)s1. The zero-order chi connectivity index (χ0) is 10.8. The summed E-state index contributed by atoms with van der Waals surface area (Å²) in [6, 6.07) is -0.117. The van der Waals surface area contributed by atoms with Gasteiger partial charge in [-0.05, 0) is 19.4 Å². The van der Waals surface area contributed by atoms with Crippen molar-refractivity contribution < 1.29 is 4.79 Å². The molecule has 4 N–H and O–H groups in total. The highest BCUT2D eigenvalue weighted by molar-refractivity contribution is 7.15. The molecule has 0 spiro atoms. The second-order valence-electron chi connectivity index (χ2n) is 3.70. The van der Waals surface area contributed by atoms with Crippen molar-refractivity contribution in [2.24, 2.45) is 5.73 Å². The maximum Gasteiger partial charge on any atom is 0.234 e. The van der Waals surface area contributed by atoms with Crippen LogP contribution in [0.25, 0.3) is 0 Å². The number of nitrogen functional groups attached to an aromatic ring is 1. The monoisotopic (exact) mass is 226 g/mol. The second-order valence-corrected chi connectivity index (χ2v) is 4.84. The van der Waals surface area contributed by atoms with Gasteiger partial charge in [0.05, 0.1) is 6.04 Å². The predicted octanol–water partition coefficient (Wildman–Crippen LogP) is 0.175. The van der Waals surface area contributed by atoms with Gasteiger partial charge >= 0.3 is 0 Å². The molecule has 1 aromatic heterocycles. The molecule has 6 heteroatoms. The number of nitrogens with two attached hydrogens (primary N) is 2. The molecule has 2 rings (SSSR count). The lowest BCUT2D eigenvalue weighted by atomic mass is 10.2. The van der Waals surface area contributed by atoms with Crippen molar-refractivity contribution in [1.82, 2.24) is 9.88 Å². The molecule has 1 aliphatic heterocycles. The molecule has 2 heterocycles. The van der Waals surface area contributed by atoms with Gasteiger partial charge in [-0.25, -0.2) is 4.98 Å². The lowest BCUT2D eigenvalue weighted by Gasteiger charge is -2.20. The number of amides is 1. The molecule has 1 fully saturated rings. The van der Waals surface area contributed by atoms with Gasteiger partial charge in [0.15, 0.2) is 5.13 Å². The van der Waals surface area contributed by atoms with Gasteiger partial charge in [-0.2, -0.15) is 0 Å². The first-order valence-electron chi connectivity index (χ1n) is 4.90. The largest absolute Gasteiger partial charge is 0.375 e. The summed E-state index contributed by atoms with van der Waals surface area (Å²) in [6.07, 6.45) is 3.65. The van der Waals surface area contributed by atoms with Gasteiger partial charge in [-0.15, -0.1) is 11.3 Å². The Kier molecular flexibility index (Phi) is 2.88. The Labute approximate surface area is 92.1 Å². The molecule has 1 saturated heterocycles. The van der Waals surface area contributed by atoms with Crippen LogP contribution in [0.5, 0.6) is 0 Å². The van der Waals surface area contributed by atoms with Crippen molar-refractivity contribution in [2.45, 2.75) is 25.4 Å². The minimum Gasteiger partial charge on any atom is -0.375 e. The van der Waals surface area contributed by atoms with E-state index in [-0.39, 0.29) is 11.9 Å². The van der Waals surface area contributed by atoms with Crippen LogP contribution in [0.2, 0.25) is 0 Å². The van der Waals surface area contributed by atoms with Crippen LogP contribution >= 0.6 is 11.3 Å². The summed E-state index contributed by atoms with van der Waals surface area (Å²) in [7, 11) is 0. The van der Waals surface area contributed by atoms with Crippen molar-refractivity contribution >= 4 is 22.4 Å². The third-order valence-corrected chi connectivity index (χ3v) is 3.43. The Hall–Kier alpha value is -1.14. The molecule has 15 heavy (non-hydrogen) atoms. The summed E-state index contributed by atoms with van der Waals surface area (Å²) in [4.78, 5) is 18.3. The zero-order valence-corrected chi connectivity index (χ0v) is 9.17. The molecule has 1 atom stereocenters. The number of thiazole rings is 1. The molecule has 0 aliphatic carbocycles. The van der Waals surface area contributed by atoms with Gasteiger partial charge in [-0.1, -0.05) is 0 Å². The number of nitrogens with zero attached hydrogens (tertiary/aromatic N) is 2. The molecule has 82 valence electrons. The summed E-state index contributed by atoms with van der Waals surface area (Å²) in [5.41, 5.74) is 10.9. The number of rotatable bonds is 3. The van der Waals surface area contributed by atoms with Crippen molar-refractivity contribution in [3.63, 3.8) is 0 Å². The van der Waals surface area contributed by atoms with Crippen LogP contribution in [0, 0.1) is 0 Å². The fourth-order valence-electron chi connectivity index (χ4n) is 1.93. The molecular formula is C9H14N4OS. The third-order valence-electron chi connectivity index (χ3n) is 2.62. The van der Waals surface area contributed by atoms with E-state index in [2.05, 4.69) is 9.88 Å². The van der Waals surface area contributed by atoms with Crippen LogP contribution in [0.3, 0.4) is 0 Å². The lowest BCUT2D eigenvalue weighted by molar-refractivity contribution is -0.122. The van der Waals surface area contributed by atoms with E-state index in [1.54, 1.807) is 6.20 Å². The van der Waals surface area contributed by atoms with E-state index in [9.17, 15) is 4.79 Å². The first-order chi connectivity index (χ1) is 7.16. The molecular weight excluding hydrogens is 212 g/mol. The average Bonchev–Trinajstić information content (AvgIpc) is 2.75. The van der Waals surface area contributed by atoms with Crippen molar-refractivity contribution in [2.75, 3.05) is 12.3 Å². The van der Waals surface area contributed by atoms with E-state index in [4.69, 9.17) is 11.5 Å². The average molecular weight is 226 g/mol. The van der Waals surface area contributed by atoms with Gasteiger partial charge in [-0.3, -0.25) is 9.69 Å². The number of primary amides is 1. The van der Waals surface area contributed by atoms with E-state index in [0.29, 0.717) is 5.13 Å². The molecule has 0 aromatic carbocycles. The summed E-state index contributed by atoms with van der Waals surface area (Å²) in [6.45, 7) is 1.65. The molecule has 1 aromatic rings. The minimum absolute atomic E-state index is 0.117. The molecule has 5 nitrogen and oxygen atoms in total. The second kappa shape index (κ2) is 4.16. The number of likely N-dealkylation sites (tertiary alicyclic amines) is 1. The minimum atomic E-state index is -0.231. The van der Waals surface area contributed by atoms with Crippen molar-refractivity contribution in [3.8, 4) is 0 Å². The van der Waals surface area contributed by atoms with Crippen LogP contribution in [0.15, 0.2) is 6.20 Å². The molecule has 1 unspecified atom stereocenters. The van der Waals surface area contributed by atoms with E-state index in [1.165, 1.54) is 11.3 Å². The van der Waals surface area contributed by atoms with Crippen LogP contribution in [-0.4, -0.2) is 28.4 Å². The summed E-state index contributed by atoms with van der Waals surface area (Å²) >= 11 is 1.46. The Bertz CT molecular complexity index is 365. The number of aromatic nitrogens is 1. The fourth-order valence-corrected chi connectivity index (χ4v) is 2.64. The molecule has 0 bridgehead atoms. The van der Waals surface area contributed by atoms with Crippen LogP contribution < -0.4 is 11.5 Å². The number of hydrogen-bond acceptors (Lipinski definition) is 5. The van der Waals surface area contributed by atoms with Crippen molar-refractivity contribution in [1.29, 1.82) is 0 Å². The van der Waals surface area contributed by atoms with Crippen LogP contribution in [0.1, 0.15) is 17.7 Å². The molecule has 1 aliphatic rings. The predicted molar refractivity (Wildman–Crippen MR) is 59.2 cm³/mol. The van der Waals surface area contributed by atoms with Crippen LogP contribution in [-0.2, 0) is 11.3 Å². The van der Waals surface area contributed by atoms with E-state index in [1.807, 2.05) is 0 Å². The van der Waals surface area contributed by atoms with Crippen molar-refractivity contribution in [3.05, 3.63) is 11.1 Å². The first-order valence-corrected chi connectivity index (χ1v) is 5.72. The Morgan fingerprint density at radius 1 is 1.73 bits per heavy atom. The molecule has 0 radical (unpaired) electrons. The van der Waals surface area contributed by atoms with Gasteiger partial charge in [0.1, 0.15) is 0 Å². The molecule has 0 saturated carbocycles.